The molecule has 1 aromatic heterocycles. The van der Waals surface area contributed by atoms with Crippen molar-refractivity contribution in [2.75, 3.05) is 12.4 Å². The molecule has 3 aromatic rings. The van der Waals surface area contributed by atoms with Crippen LogP contribution in [0.15, 0.2) is 70.9 Å². The molecule has 2 aromatic carbocycles. The van der Waals surface area contributed by atoms with Crippen molar-refractivity contribution in [3.63, 3.8) is 0 Å². The number of hydrogen-bond donors (Lipinski definition) is 1. The zero-order valence-electron chi connectivity index (χ0n) is 17.0. The number of methoxy groups -OCH3 is 1. The summed E-state index contributed by atoms with van der Waals surface area (Å²) in [5.41, 5.74) is 2.19. The first-order valence-electron chi connectivity index (χ1n) is 9.50. The number of nitrogens with one attached hydrogen (secondary N) is 1. The van der Waals surface area contributed by atoms with E-state index in [1.54, 1.807) is 30.3 Å². The molecule has 0 aliphatic rings. The van der Waals surface area contributed by atoms with Crippen LogP contribution in [0.4, 0.5) is 5.69 Å². The molecule has 31 heavy (non-hydrogen) atoms. The second-order valence-corrected chi connectivity index (χ2v) is 6.45. The average Bonchev–Trinajstić information content (AvgIpc) is 3.34. The number of ether oxygens (including phenoxy) is 2. The molecule has 7 nitrogen and oxygen atoms in total. The predicted molar refractivity (Wildman–Crippen MR) is 115 cm³/mol. The highest BCUT2D eigenvalue weighted by Crippen LogP contribution is 2.30. The van der Waals surface area contributed by atoms with Crippen molar-refractivity contribution < 1.29 is 23.5 Å². The van der Waals surface area contributed by atoms with Crippen LogP contribution in [0.3, 0.4) is 0 Å². The molecular formula is C24H20N2O5. The van der Waals surface area contributed by atoms with Crippen LogP contribution in [-0.2, 0) is 11.2 Å². The van der Waals surface area contributed by atoms with E-state index in [9.17, 15) is 14.9 Å². The van der Waals surface area contributed by atoms with E-state index >= 15 is 0 Å². The Morgan fingerprint density at radius 1 is 1.13 bits per heavy atom. The van der Waals surface area contributed by atoms with E-state index in [0.717, 1.165) is 12.0 Å². The van der Waals surface area contributed by atoms with E-state index in [2.05, 4.69) is 5.32 Å². The number of nitriles is 1. The maximum Gasteiger partial charge on any atom is 0.379 e. The van der Waals surface area contributed by atoms with Gasteiger partial charge in [-0.2, -0.15) is 5.26 Å². The summed E-state index contributed by atoms with van der Waals surface area (Å²) in [7, 11) is 1.42. The minimum Gasteiger partial charge on any atom is -0.493 e. The molecule has 156 valence electrons. The lowest BCUT2D eigenvalue weighted by Gasteiger charge is -2.09. The van der Waals surface area contributed by atoms with Gasteiger partial charge in [0.25, 0.3) is 5.91 Å². The molecule has 1 N–H and O–H groups in total. The Morgan fingerprint density at radius 3 is 2.52 bits per heavy atom. The number of carbonyl (C=O) groups excluding carboxylic acids is 2. The van der Waals surface area contributed by atoms with E-state index in [0.29, 0.717) is 11.3 Å². The normalized spacial score (nSPS) is 10.8. The molecule has 0 saturated carbocycles. The van der Waals surface area contributed by atoms with Crippen molar-refractivity contribution in [3.05, 3.63) is 83.3 Å². The number of aryl methyl sites for hydroxylation is 1. The SMILES string of the molecule is CCc1ccc(NC(=O)/C(C#N)=C/c2ccc(OC(=O)c3ccco3)c(OC)c2)cc1. The highest BCUT2D eigenvalue weighted by molar-refractivity contribution is 6.09. The highest BCUT2D eigenvalue weighted by Gasteiger charge is 2.16. The minimum absolute atomic E-state index is 0.0569. The van der Waals surface area contributed by atoms with E-state index < -0.39 is 11.9 Å². The minimum atomic E-state index is -0.669. The Bertz CT molecular complexity index is 1140. The lowest BCUT2D eigenvalue weighted by Crippen LogP contribution is -2.13. The topological polar surface area (TPSA) is 102 Å². The largest absolute Gasteiger partial charge is 0.493 e. The molecule has 0 aliphatic carbocycles. The van der Waals surface area contributed by atoms with Crippen molar-refractivity contribution in [1.29, 1.82) is 5.26 Å². The van der Waals surface area contributed by atoms with Crippen molar-refractivity contribution >= 4 is 23.6 Å². The Morgan fingerprint density at radius 2 is 1.90 bits per heavy atom. The third-order valence-corrected chi connectivity index (χ3v) is 4.41. The van der Waals surface area contributed by atoms with Gasteiger partial charge in [0.2, 0.25) is 5.76 Å². The van der Waals surface area contributed by atoms with Gasteiger partial charge in [-0.25, -0.2) is 4.79 Å². The van der Waals surface area contributed by atoms with Crippen LogP contribution in [0.25, 0.3) is 6.08 Å². The van der Waals surface area contributed by atoms with Gasteiger partial charge in [0.05, 0.1) is 13.4 Å². The number of nitrogens with zero attached hydrogens (tertiary/aromatic N) is 1. The molecule has 0 aliphatic heterocycles. The number of esters is 1. The summed E-state index contributed by atoms with van der Waals surface area (Å²) < 4.78 is 15.6. The Hall–Kier alpha value is -4.31. The molecule has 0 bridgehead atoms. The van der Waals surface area contributed by atoms with Crippen molar-refractivity contribution in [3.8, 4) is 17.6 Å². The molecule has 0 spiro atoms. The summed E-state index contributed by atoms with van der Waals surface area (Å²) in [5.74, 6) is -0.695. The van der Waals surface area contributed by atoms with Crippen LogP contribution in [0, 0.1) is 11.3 Å². The van der Waals surface area contributed by atoms with E-state index in [1.165, 1.54) is 31.6 Å². The number of anilines is 1. The van der Waals surface area contributed by atoms with Gasteiger partial charge in [-0.3, -0.25) is 4.79 Å². The van der Waals surface area contributed by atoms with Crippen molar-refractivity contribution in [2.45, 2.75) is 13.3 Å². The summed E-state index contributed by atoms with van der Waals surface area (Å²) in [4.78, 5) is 24.6. The molecule has 7 heteroatoms. The number of benzene rings is 2. The molecule has 0 atom stereocenters. The Balaban J connectivity index is 1.77. The first-order valence-corrected chi connectivity index (χ1v) is 9.50. The third-order valence-electron chi connectivity index (χ3n) is 4.41. The van der Waals surface area contributed by atoms with E-state index in [4.69, 9.17) is 13.9 Å². The summed E-state index contributed by atoms with van der Waals surface area (Å²) in [6.45, 7) is 2.04. The third kappa shape index (κ3) is 5.40. The van der Waals surface area contributed by atoms with Crippen LogP contribution < -0.4 is 14.8 Å². The van der Waals surface area contributed by atoms with Crippen LogP contribution in [0.2, 0.25) is 0 Å². The monoisotopic (exact) mass is 416 g/mol. The standard InChI is InChI=1S/C24H20N2O5/c1-3-16-6-9-19(10-7-16)26-23(27)18(15-25)13-17-8-11-20(22(14-17)29-2)31-24(28)21-5-4-12-30-21/h4-14H,3H2,1-2H3,(H,26,27)/b18-13+. The van der Waals surface area contributed by atoms with Gasteiger partial charge in [-0.1, -0.05) is 25.1 Å². The van der Waals surface area contributed by atoms with Gasteiger partial charge >= 0.3 is 5.97 Å². The lowest BCUT2D eigenvalue weighted by molar-refractivity contribution is -0.112. The number of rotatable bonds is 7. The zero-order chi connectivity index (χ0) is 22.2. The van der Waals surface area contributed by atoms with Gasteiger partial charge < -0.3 is 19.2 Å². The average molecular weight is 416 g/mol. The quantitative estimate of drug-likeness (QED) is 0.261. The Labute approximate surface area is 179 Å². The number of carbonyl (C=O) groups is 2. The van der Waals surface area contributed by atoms with E-state index in [1.807, 2.05) is 25.1 Å². The fourth-order valence-corrected chi connectivity index (χ4v) is 2.74. The molecule has 3 rings (SSSR count). The number of furan rings is 1. The van der Waals surface area contributed by atoms with Crippen LogP contribution in [0.5, 0.6) is 11.5 Å². The van der Waals surface area contributed by atoms with Gasteiger partial charge in [0.1, 0.15) is 11.6 Å². The second-order valence-electron chi connectivity index (χ2n) is 6.45. The molecule has 0 unspecified atom stereocenters. The summed E-state index contributed by atoms with van der Waals surface area (Å²) in [6, 6.07) is 17.1. The summed E-state index contributed by atoms with van der Waals surface area (Å²) in [5, 5.41) is 12.1. The van der Waals surface area contributed by atoms with Crippen LogP contribution in [-0.4, -0.2) is 19.0 Å². The summed E-state index contributed by atoms with van der Waals surface area (Å²) >= 11 is 0. The fourth-order valence-electron chi connectivity index (χ4n) is 2.74. The maximum absolute atomic E-state index is 12.5. The number of hydrogen-bond acceptors (Lipinski definition) is 6. The van der Waals surface area contributed by atoms with Gasteiger partial charge in [0, 0.05) is 5.69 Å². The molecule has 1 heterocycles. The zero-order valence-corrected chi connectivity index (χ0v) is 17.0. The lowest BCUT2D eigenvalue weighted by atomic mass is 10.1. The molecule has 1 amide bonds. The van der Waals surface area contributed by atoms with E-state index in [-0.39, 0.29) is 22.8 Å². The van der Waals surface area contributed by atoms with Crippen LogP contribution >= 0.6 is 0 Å². The number of amides is 1. The molecular weight excluding hydrogens is 396 g/mol. The van der Waals surface area contributed by atoms with Crippen LogP contribution in [0.1, 0.15) is 28.6 Å². The predicted octanol–water partition coefficient (Wildman–Crippen LogP) is 4.62. The second kappa shape index (κ2) is 9.94. The van der Waals surface area contributed by atoms with Gasteiger partial charge in [-0.05, 0) is 60.0 Å². The van der Waals surface area contributed by atoms with Gasteiger partial charge in [0.15, 0.2) is 11.5 Å². The molecule has 0 saturated heterocycles. The Kier molecular flexibility index (Phi) is 6.86. The fraction of sp³-hybridized carbons (Fsp3) is 0.125. The smallest absolute Gasteiger partial charge is 0.379 e. The first-order chi connectivity index (χ1) is 15.0. The molecule has 0 fully saturated rings. The van der Waals surface area contributed by atoms with Crippen molar-refractivity contribution in [2.24, 2.45) is 0 Å². The summed E-state index contributed by atoms with van der Waals surface area (Å²) in [6.07, 6.45) is 3.69. The molecule has 0 radical (unpaired) electrons. The highest BCUT2D eigenvalue weighted by atomic mass is 16.6. The van der Waals surface area contributed by atoms with Gasteiger partial charge in [-0.15, -0.1) is 0 Å². The first kappa shape index (κ1) is 21.4. The van der Waals surface area contributed by atoms with Crippen molar-refractivity contribution in [1.82, 2.24) is 0 Å². The maximum atomic E-state index is 12.5.